The molecule has 0 fully saturated rings. The van der Waals surface area contributed by atoms with Gasteiger partial charge in [-0.3, -0.25) is 4.79 Å². The first-order valence-corrected chi connectivity index (χ1v) is 16.5. The molecule has 7 nitrogen and oxygen atoms in total. The van der Waals surface area contributed by atoms with E-state index in [4.69, 9.17) is 14.2 Å². The number of rotatable bonds is 31. The van der Waals surface area contributed by atoms with Crippen molar-refractivity contribution in [3.63, 3.8) is 0 Å². The lowest BCUT2D eigenvalue weighted by atomic mass is 9.95. The molecule has 0 aromatic carbocycles. The lowest BCUT2D eigenvalue weighted by Crippen LogP contribution is -2.45. The molecule has 0 saturated heterocycles. The highest BCUT2D eigenvalue weighted by Gasteiger charge is 2.31. The Morgan fingerprint density at radius 3 is 1.85 bits per heavy atom. The van der Waals surface area contributed by atoms with Crippen LogP contribution in [0.2, 0.25) is 0 Å². The normalized spacial score (nSPS) is 13.4. The van der Waals surface area contributed by atoms with E-state index >= 15 is 0 Å². The van der Waals surface area contributed by atoms with Crippen molar-refractivity contribution >= 4 is 5.91 Å². The number of hydrogen-bond acceptors (Lipinski definition) is 6. The zero-order valence-electron chi connectivity index (χ0n) is 26.9. The number of alkyl halides is 1. The van der Waals surface area contributed by atoms with Gasteiger partial charge < -0.3 is 30.2 Å². The van der Waals surface area contributed by atoms with E-state index in [9.17, 15) is 9.18 Å². The summed E-state index contributed by atoms with van der Waals surface area (Å²) in [5, 5.41) is 9.56. The molecule has 0 spiro atoms. The summed E-state index contributed by atoms with van der Waals surface area (Å²) >= 11 is 0. The summed E-state index contributed by atoms with van der Waals surface area (Å²) < 4.78 is 31.9. The Kier molecular flexibility index (Phi) is 27.8. The van der Waals surface area contributed by atoms with E-state index in [1.165, 1.54) is 51.4 Å². The SMILES string of the molecule is CCCCCCCCNCCOCCNCCOCCOC(C)(C)C(F)CNC(=O)C(CCC)CCCCCC. The average Bonchev–Trinajstić information content (AvgIpc) is 2.94. The van der Waals surface area contributed by atoms with Crippen molar-refractivity contribution in [1.29, 1.82) is 0 Å². The highest BCUT2D eigenvalue weighted by molar-refractivity contribution is 5.78. The lowest BCUT2D eigenvalue weighted by Gasteiger charge is -2.29. The van der Waals surface area contributed by atoms with Crippen LogP contribution >= 0.6 is 0 Å². The van der Waals surface area contributed by atoms with Crippen LogP contribution in [-0.2, 0) is 19.0 Å². The van der Waals surface area contributed by atoms with Crippen LogP contribution in [0.5, 0.6) is 0 Å². The van der Waals surface area contributed by atoms with Crippen LogP contribution < -0.4 is 16.0 Å². The van der Waals surface area contributed by atoms with E-state index in [1.807, 2.05) is 0 Å². The maximum atomic E-state index is 14.9. The molecule has 0 aromatic rings. The van der Waals surface area contributed by atoms with E-state index < -0.39 is 11.8 Å². The van der Waals surface area contributed by atoms with Gasteiger partial charge in [0.25, 0.3) is 0 Å². The number of unbranched alkanes of at least 4 members (excludes halogenated alkanes) is 8. The van der Waals surface area contributed by atoms with Crippen molar-refractivity contribution in [3.05, 3.63) is 0 Å². The van der Waals surface area contributed by atoms with Crippen LogP contribution in [-0.4, -0.2) is 83.4 Å². The third-order valence-corrected chi connectivity index (χ3v) is 7.30. The Morgan fingerprint density at radius 2 is 1.23 bits per heavy atom. The molecule has 40 heavy (non-hydrogen) atoms. The Balaban J connectivity index is 3.70. The molecule has 0 rings (SSSR count). The summed E-state index contributed by atoms with van der Waals surface area (Å²) in [6.45, 7) is 16.1. The van der Waals surface area contributed by atoms with Crippen LogP contribution in [0.15, 0.2) is 0 Å². The van der Waals surface area contributed by atoms with Gasteiger partial charge >= 0.3 is 0 Å². The molecule has 0 radical (unpaired) electrons. The predicted molar refractivity (Wildman–Crippen MR) is 166 cm³/mol. The van der Waals surface area contributed by atoms with Crippen LogP contribution in [0.3, 0.4) is 0 Å². The van der Waals surface area contributed by atoms with Crippen molar-refractivity contribution in [2.24, 2.45) is 5.92 Å². The van der Waals surface area contributed by atoms with Gasteiger partial charge in [0, 0.05) is 25.6 Å². The van der Waals surface area contributed by atoms with E-state index in [0.717, 1.165) is 64.9 Å². The molecular weight excluding hydrogens is 509 g/mol. The summed E-state index contributed by atoms with van der Waals surface area (Å²) in [6, 6.07) is 0. The minimum atomic E-state index is -1.29. The van der Waals surface area contributed by atoms with Crippen LogP contribution in [0.25, 0.3) is 0 Å². The smallest absolute Gasteiger partial charge is 0.223 e. The minimum absolute atomic E-state index is 0.0246. The van der Waals surface area contributed by atoms with E-state index in [0.29, 0.717) is 26.4 Å². The largest absolute Gasteiger partial charge is 0.379 e. The number of carbonyl (C=O) groups is 1. The molecule has 0 bridgehead atoms. The van der Waals surface area contributed by atoms with Crippen molar-refractivity contribution < 1.29 is 23.4 Å². The summed E-state index contributed by atoms with van der Waals surface area (Å²) in [5.74, 6) is -0.0541. The summed E-state index contributed by atoms with van der Waals surface area (Å²) in [4.78, 5) is 12.6. The highest BCUT2D eigenvalue weighted by Crippen LogP contribution is 2.19. The molecular formula is C32H66FN3O4. The number of halogens is 1. The average molecular weight is 576 g/mol. The van der Waals surface area contributed by atoms with Crippen molar-refractivity contribution in [3.8, 4) is 0 Å². The van der Waals surface area contributed by atoms with Gasteiger partial charge in [0.1, 0.15) is 6.17 Å². The Morgan fingerprint density at radius 1 is 0.675 bits per heavy atom. The fourth-order valence-corrected chi connectivity index (χ4v) is 4.52. The lowest BCUT2D eigenvalue weighted by molar-refractivity contribution is -0.127. The number of hydrogen-bond donors (Lipinski definition) is 3. The molecule has 0 aliphatic rings. The predicted octanol–water partition coefficient (Wildman–Crippen LogP) is 6.20. The molecule has 0 aliphatic carbocycles. The molecule has 240 valence electrons. The molecule has 0 aliphatic heterocycles. The van der Waals surface area contributed by atoms with E-state index in [1.54, 1.807) is 13.8 Å². The molecule has 2 unspecified atom stereocenters. The van der Waals surface area contributed by atoms with Gasteiger partial charge in [-0.2, -0.15) is 0 Å². The Hall–Kier alpha value is -0.800. The van der Waals surface area contributed by atoms with Crippen molar-refractivity contribution in [2.75, 3.05) is 65.8 Å². The van der Waals surface area contributed by atoms with Gasteiger partial charge in [-0.1, -0.05) is 85.0 Å². The van der Waals surface area contributed by atoms with Gasteiger partial charge in [-0.15, -0.1) is 0 Å². The molecule has 3 N–H and O–H groups in total. The Labute approximate surface area is 246 Å². The first-order valence-electron chi connectivity index (χ1n) is 16.5. The number of nitrogens with one attached hydrogen (secondary N) is 3. The fourth-order valence-electron chi connectivity index (χ4n) is 4.52. The first-order chi connectivity index (χ1) is 19.4. The van der Waals surface area contributed by atoms with Crippen LogP contribution in [0, 0.1) is 5.92 Å². The number of amides is 1. The fraction of sp³-hybridized carbons (Fsp3) is 0.969. The molecule has 0 aromatic heterocycles. The van der Waals surface area contributed by atoms with E-state index in [-0.39, 0.29) is 18.4 Å². The second kappa shape index (κ2) is 28.3. The van der Waals surface area contributed by atoms with Gasteiger partial charge in [0.05, 0.1) is 45.2 Å². The maximum Gasteiger partial charge on any atom is 0.223 e. The molecule has 0 heterocycles. The summed E-state index contributed by atoms with van der Waals surface area (Å²) in [6.07, 6.45) is 13.9. The number of carbonyl (C=O) groups excluding carboxylic acids is 1. The van der Waals surface area contributed by atoms with Crippen molar-refractivity contribution in [1.82, 2.24) is 16.0 Å². The Bertz CT molecular complexity index is 554. The maximum absolute atomic E-state index is 14.9. The second-order valence-electron chi connectivity index (χ2n) is 11.5. The van der Waals surface area contributed by atoms with Crippen LogP contribution in [0.4, 0.5) is 4.39 Å². The summed E-state index contributed by atoms with van der Waals surface area (Å²) in [5.41, 5.74) is -0.989. The molecule has 8 heteroatoms. The topological polar surface area (TPSA) is 80.8 Å². The first kappa shape index (κ1) is 39.2. The molecule has 1 amide bonds. The highest BCUT2D eigenvalue weighted by atomic mass is 19.1. The van der Waals surface area contributed by atoms with Crippen molar-refractivity contribution in [2.45, 2.75) is 130 Å². The zero-order valence-corrected chi connectivity index (χ0v) is 26.9. The van der Waals surface area contributed by atoms with Gasteiger partial charge in [-0.05, 0) is 39.7 Å². The third kappa shape index (κ3) is 23.9. The molecule has 0 saturated carbocycles. The molecule has 2 atom stereocenters. The van der Waals surface area contributed by atoms with Gasteiger partial charge in [-0.25, -0.2) is 4.39 Å². The quantitative estimate of drug-likeness (QED) is 0.0855. The minimum Gasteiger partial charge on any atom is -0.379 e. The van der Waals surface area contributed by atoms with E-state index in [2.05, 4.69) is 36.7 Å². The second-order valence-corrected chi connectivity index (χ2v) is 11.5. The monoisotopic (exact) mass is 576 g/mol. The zero-order chi connectivity index (χ0) is 29.7. The third-order valence-electron chi connectivity index (χ3n) is 7.30. The van der Waals surface area contributed by atoms with Gasteiger partial charge in [0.15, 0.2) is 0 Å². The van der Waals surface area contributed by atoms with Crippen LogP contribution in [0.1, 0.15) is 118 Å². The number of ether oxygens (including phenoxy) is 3. The standard InChI is InChI=1S/C32H66FN3O4/c1-6-9-11-13-14-16-19-34-20-23-38-24-21-35-22-25-39-26-27-40-32(4,5)30(33)28-36-31(37)29(17-8-3)18-15-12-10-7-2/h29-30,34-35H,6-28H2,1-5H3,(H,36,37). The van der Waals surface area contributed by atoms with Gasteiger partial charge in [0.2, 0.25) is 5.91 Å². The summed E-state index contributed by atoms with van der Waals surface area (Å²) in [7, 11) is 0.